The molecule has 0 nitrogen and oxygen atoms in total. The first-order valence-electron chi connectivity index (χ1n) is 3.37. The van der Waals surface area contributed by atoms with Crippen molar-refractivity contribution in [2.45, 2.75) is 19.8 Å². The second-order valence-electron chi connectivity index (χ2n) is 1.82. The van der Waals surface area contributed by atoms with Gasteiger partial charge in [-0.25, -0.2) is 12.1 Å². The molecule has 0 unspecified atom stereocenters. The summed E-state index contributed by atoms with van der Waals surface area (Å²) in [5.74, 6) is 0. The quantitative estimate of drug-likeness (QED) is 0.354. The number of rotatable bonds is 1. The normalized spacial score (nSPS) is 5.38. The Labute approximate surface area is 115 Å². The molecule has 0 aliphatic rings. The fraction of sp³-hybridized carbons (Fsp3) is 0.333. The van der Waals surface area contributed by atoms with Crippen LogP contribution in [-0.2, 0) is 21.7 Å². The minimum absolute atomic E-state index is 0. The molecule has 0 atom stereocenters. The van der Waals surface area contributed by atoms with Crippen molar-refractivity contribution in [1.82, 2.24) is 0 Å². The van der Waals surface area contributed by atoms with Crippen molar-refractivity contribution in [3.8, 4) is 0 Å². The van der Waals surface area contributed by atoms with Crippen LogP contribution < -0.4 is 37.2 Å². The van der Waals surface area contributed by atoms with Gasteiger partial charge in [-0.05, 0) is 0 Å². The van der Waals surface area contributed by atoms with Crippen LogP contribution in [0.15, 0.2) is 30.3 Å². The molecule has 0 bridgehead atoms. The van der Waals surface area contributed by atoms with Gasteiger partial charge in [-0.1, -0.05) is 13.3 Å². The summed E-state index contributed by atoms with van der Waals surface area (Å²) in [5.41, 5.74) is 0. The average Bonchev–Trinajstić information content (AvgIpc) is 2.43. The van der Waals surface area contributed by atoms with Crippen LogP contribution in [0.2, 0.25) is 0 Å². The van der Waals surface area contributed by atoms with E-state index in [0.717, 1.165) is 6.42 Å². The number of hydrogen-bond donors (Lipinski definition) is 0. The molecule has 0 aliphatic carbocycles. The Morgan fingerprint density at radius 3 is 1.46 bits per heavy atom. The molecule has 0 saturated heterocycles. The van der Waals surface area contributed by atoms with Crippen LogP contribution in [0.3, 0.4) is 0 Å². The maximum absolute atomic E-state index is 3.60. The molecule has 1 radical (unpaired) electrons. The predicted molar refractivity (Wildman–Crippen MR) is 42.3 cm³/mol. The average molecular weight is 276 g/mol. The summed E-state index contributed by atoms with van der Waals surface area (Å²) in [7, 11) is 0. The minimum Gasteiger partial charge on any atom is -1.00 e. The Morgan fingerprint density at radius 1 is 1.08 bits per heavy atom. The maximum atomic E-state index is 3.60. The van der Waals surface area contributed by atoms with E-state index in [1.165, 1.54) is 6.42 Å². The van der Waals surface area contributed by atoms with E-state index >= 15 is 0 Å². The SMILES string of the molecule is [CH2-]CCC.[Cl-].[Cl-].[Cl-].[Ti+3].c1cc[cH-]c1. The molecule has 4 heteroatoms. The van der Waals surface area contributed by atoms with Gasteiger partial charge in [-0.2, -0.15) is 24.6 Å². The van der Waals surface area contributed by atoms with E-state index in [9.17, 15) is 0 Å². The fourth-order valence-corrected chi connectivity index (χ4v) is 0.321. The predicted octanol–water partition coefficient (Wildman–Crippen LogP) is -5.96. The van der Waals surface area contributed by atoms with Gasteiger partial charge in [-0.15, -0.1) is 0 Å². The van der Waals surface area contributed by atoms with Crippen molar-refractivity contribution < 1.29 is 58.9 Å². The first-order chi connectivity index (χ1) is 4.41. The topological polar surface area (TPSA) is 0 Å². The zero-order chi connectivity index (χ0) is 6.95. The Bertz CT molecular complexity index is 90.4. The Hall–Kier alpha value is 0.934. The summed E-state index contributed by atoms with van der Waals surface area (Å²) in [6.45, 7) is 5.72. The molecule has 77 valence electrons. The number of unbranched alkanes of at least 4 members (excludes halogenated alkanes) is 1. The molecule has 0 amide bonds. The van der Waals surface area contributed by atoms with Crippen LogP contribution in [0.4, 0.5) is 0 Å². The zero-order valence-corrected chi connectivity index (χ0v) is 11.5. The van der Waals surface area contributed by atoms with Crippen molar-refractivity contribution in [3.05, 3.63) is 37.3 Å². The van der Waals surface area contributed by atoms with Crippen molar-refractivity contribution >= 4 is 0 Å². The van der Waals surface area contributed by atoms with Crippen molar-refractivity contribution in [1.29, 1.82) is 0 Å². The van der Waals surface area contributed by atoms with Gasteiger partial charge in [0.1, 0.15) is 0 Å². The summed E-state index contributed by atoms with van der Waals surface area (Å²) in [6.07, 6.45) is 2.28. The summed E-state index contributed by atoms with van der Waals surface area (Å²) in [6, 6.07) is 10.0. The molecule has 0 N–H and O–H groups in total. The summed E-state index contributed by atoms with van der Waals surface area (Å²) in [5, 5.41) is 0. The maximum Gasteiger partial charge on any atom is 3.00 e. The Balaban J connectivity index is -0.0000000256. The van der Waals surface area contributed by atoms with Crippen LogP contribution >= 0.6 is 0 Å². The first kappa shape index (κ1) is 29.2. The van der Waals surface area contributed by atoms with E-state index in [4.69, 9.17) is 0 Å². The molecule has 0 fully saturated rings. The third kappa shape index (κ3) is 32.2. The van der Waals surface area contributed by atoms with E-state index in [0.29, 0.717) is 0 Å². The molecule has 0 saturated carbocycles. The fourth-order valence-electron chi connectivity index (χ4n) is 0.321. The van der Waals surface area contributed by atoms with E-state index in [2.05, 4.69) is 13.8 Å². The van der Waals surface area contributed by atoms with Gasteiger partial charge in [0.25, 0.3) is 0 Å². The van der Waals surface area contributed by atoms with Crippen LogP contribution in [0.5, 0.6) is 0 Å². The molecule has 1 aromatic rings. The summed E-state index contributed by atoms with van der Waals surface area (Å²) in [4.78, 5) is 0. The van der Waals surface area contributed by atoms with E-state index in [-0.39, 0.29) is 58.9 Å². The molecule has 0 heterocycles. The number of hydrogen-bond acceptors (Lipinski definition) is 0. The third-order valence-electron chi connectivity index (χ3n) is 0.909. The molecule has 1 aromatic carbocycles. The zero-order valence-electron chi connectivity index (χ0n) is 7.64. The van der Waals surface area contributed by atoms with E-state index in [1.54, 1.807) is 0 Å². The van der Waals surface area contributed by atoms with Crippen molar-refractivity contribution in [2.75, 3.05) is 0 Å². The summed E-state index contributed by atoms with van der Waals surface area (Å²) >= 11 is 0. The monoisotopic (exact) mass is 275 g/mol. The van der Waals surface area contributed by atoms with Gasteiger partial charge in [0, 0.05) is 0 Å². The molecule has 13 heavy (non-hydrogen) atoms. The van der Waals surface area contributed by atoms with Crippen LogP contribution in [0.25, 0.3) is 0 Å². The van der Waals surface area contributed by atoms with Crippen molar-refractivity contribution in [2.24, 2.45) is 0 Å². The smallest absolute Gasteiger partial charge is 1.00 e. The second kappa shape index (κ2) is 29.3. The van der Waals surface area contributed by atoms with Gasteiger partial charge >= 0.3 is 21.7 Å². The van der Waals surface area contributed by atoms with E-state index < -0.39 is 0 Å². The van der Waals surface area contributed by atoms with Crippen molar-refractivity contribution in [3.63, 3.8) is 0 Å². The minimum atomic E-state index is 0. The van der Waals surface area contributed by atoms with Gasteiger partial charge < -0.3 is 44.1 Å². The third-order valence-corrected chi connectivity index (χ3v) is 0.909. The summed E-state index contributed by atoms with van der Waals surface area (Å²) < 4.78 is 0. The van der Waals surface area contributed by atoms with Crippen LogP contribution in [-0.4, -0.2) is 0 Å². The number of halogens is 3. The van der Waals surface area contributed by atoms with Crippen LogP contribution in [0, 0.1) is 6.92 Å². The second-order valence-corrected chi connectivity index (χ2v) is 1.82. The Morgan fingerprint density at radius 2 is 1.38 bits per heavy atom. The molecular weight excluding hydrogens is 262 g/mol. The van der Waals surface area contributed by atoms with Gasteiger partial charge in [0.15, 0.2) is 0 Å². The first-order valence-corrected chi connectivity index (χ1v) is 3.37. The molecular formula is C9H14Cl3Ti-2. The standard InChI is InChI=1S/C5H5.C4H9.3ClH.Ti/c1-2-4-5-3-1;1-3-4-2;;;;/h1-5H;1,3-4H2,2H3;3*1H;/q2*-1;;;;+3/p-3. The largest absolute Gasteiger partial charge is 3.00 e. The van der Waals surface area contributed by atoms with Gasteiger partial charge in [-0.3, -0.25) is 0 Å². The molecule has 0 aromatic heterocycles. The molecule has 0 spiro atoms. The van der Waals surface area contributed by atoms with Gasteiger partial charge in [0.2, 0.25) is 0 Å². The molecule has 1 rings (SSSR count). The van der Waals surface area contributed by atoms with E-state index in [1.807, 2.05) is 30.3 Å². The Kier molecular flexibility index (Phi) is 65.7. The molecule has 0 aliphatic heterocycles. The van der Waals surface area contributed by atoms with Gasteiger partial charge in [0.05, 0.1) is 0 Å². The van der Waals surface area contributed by atoms with Crippen LogP contribution in [0.1, 0.15) is 19.8 Å².